The van der Waals surface area contributed by atoms with E-state index in [2.05, 4.69) is 4.72 Å². The van der Waals surface area contributed by atoms with Crippen LogP contribution in [0.3, 0.4) is 0 Å². The van der Waals surface area contributed by atoms with Gasteiger partial charge >= 0.3 is 0 Å². The zero-order valence-electron chi connectivity index (χ0n) is 10.2. The predicted molar refractivity (Wildman–Crippen MR) is 78.3 cm³/mol. The fraction of sp³-hybridized carbons (Fsp3) is 0.333. The lowest BCUT2D eigenvalue weighted by molar-refractivity contribution is 0.300. The van der Waals surface area contributed by atoms with Gasteiger partial charge in [-0.2, -0.15) is 0 Å². The molecule has 0 amide bonds. The Kier molecular flexibility index (Phi) is 5.12. The largest absolute Gasteiger partial charge is 0.396 e. The SMILES string of the molecule is O=S(=O)(NCCc1cccs1)c1ccc(CCO)s1. The summed E-state index contributed by atoms with van der Waals surface area (Å²) in [7, 11) is -3.42. The highest BCUT2D eigenvalue weighted by Crippen LogP contribution is 2.21. The minimum Gasteiger partial charge on any atom is -0.396 e. The van der Waals surface area contributed by atoms with Crippen LogP contribution in [0.2, 0.25) is 0 Å². The van der Waals surface area contributed by atoms with Crippen molar-refractivity contribution in [1.82, 2.24) is 4.72 Å². The van der Waals surface area contributed by atoms with Crippen LogP contribution >= 0.6 is 22.7 Å². The third-order valence-electron chi connectivity index (χ3n) is 2.50. The summed E-state index contributed by atoms with van der Waals surface area (Å²) in [6.07, 6.45) is 1.20. The number of sulfonamides is 1. The van der Waals surface area contributed by atoms with E-state index in [4.69, 9.17) is 5.11 Å². The Morgan fingerprint density at radius 2 is 2.00 bits per heavy atom. The third kappa shape index (κ3) is 4.12. The van der Waals surface area contributed by atoms with Crippen LogP contribution in [0.1, 0.15) is 9.75 Å². The second-order valence-electron chi connectivity index (χ2n) is 3.92. The standard InChI is InChI=1S/C12H15NO3S3/c14-8-6-11-3-4-12(18-11)19(15,16)13-7-5-10-2-1-9-17-10/h1-4,9,13-14H,5-8H2. The molecule has 0 atom stereocenters. The summed E-state index contributed by atoms with van der Waals surface area (Å²) in [5.41, 5.74) is 0. The highest BCUT2D eigenvalue weighted by molar-refractivity contribution is 7.91. The van der Waals surface area contributed by atoms with Gasteiger partial charge < -0.3 is 5.11 Å². The topological polar surface area (TPSA) is 66.4 Å². The van der Waals surface area contributed by atoms with Crippen molar-refractivity contribution in [2.45, 2.75) is 17.1 Å². The van der Waals surface area contributed by atoms with E-state index in [1.807, 2.05) is 17.5 Å². The average Bonchev–Trinajstić information content (AvgIpc) is 3.00. The molecule has 0 saturated heterocycles. The minimum absolute atomic E-state index is 0.0335. The molecule has 2 aromatic heterocycles. The molecule has 0 aliphatic carbocycles. The molecule has 19 heavy (non-hydrogen) atoms. The Morgan fingerprint density at radius 3 is 2.68 bits per heavy atom. The van der Waals surface area contributed by atoms with Gasteiger partial charge in [-0.3, -0.25) is 0 Å². The van der Waals surface area contributed by atoms with E-state index in [1.54, 1.807) is 23.5 Å². The van der Waals surface area contributed by atoms with Gasteiger partial charge in [0.15, 0.2) is 0 Å². The lowest BCUT2D eigenvalue weighted by Crippen LogP contribution is -2.25. The number of nitrogens with one attached hydrogen (secondary N) is 1. The molecule has 0 saturated carbocycles. The van der Waals surface area contributed by atoms with Crippen LogP contribution in [-0.4, -0.2) is 26.7 Å². The van der Waals surface area contributed by atoms with Gasteiger partial charge in [0, 0.05) is 29.3 Å². The summed E-state index contributed by atoms with van der Waals surface area (Å²) in [5, 5.41) is 10.8. The molecule has 0 aliphatic heterocycles. The highest BCUT2D eigenvalue weighted by Gasteiger charge is 2.16. The maximum absolute atomic E-state index is 12.0. The van der Waals surface area contributed by atoms with Crippen LogP contribution < -0.4 is 4.72 Å². The molecule has 0 aliphatic rings. The van der Waals surface area contributed by atoms with Crippen LogP contribution in [0.4, 0.5) is 0 Å². The summed E-state index contributed by atoms with van der Waals surface area (Å²) in [6, 6.07) is 7.27. The molecule has 0 aromatic carbocycles. The monoisotopic (exact) mass is 317 g/mol. The number of rotatable bonds is 7. The van der Waals surface area contributed by atoms with Crippen molar-refractivity contribution in [3.63, 3.8) is 0 Å². The molecule has 0 fully saturated rings. The van der Waals surface area contributed by atoms with Gasteiger partial charge in [-0.25, -0.2) is 13.1 Å². The van der Waals surface area contributed by atoms with Gasteiger partial charge in [0.1, 0.15) is 4.21 Å². The van der Waals surface area contributed by atoms with Crippen LogP contribution in [0.25, 0.3) is 0 Å². The molecule has 0 bridgehead atoms. The first-order valence-electron chi connectivity index (χ1n) is 5.83. The van der Waals surface area contributed by atoms with Crippen molar-refractivity contribution in [2.75, 3.05) is 13.2 Å². The fourth-order valence-corrected chi connectivity index (χ4v) is 4.71. The van der Waals surface area contributed by atoms with Crippen molar-refractivity contribution in [1.29, 1.82) is 0 Å². The Hall–Kier alpha value is -0.730. The number of aliphatic hydroxyl groups excluding tert-OH is 1. The first-order valence-corrected chi connectivity index (χ1v) is 9.01. The molecular formula is C12H15NO3S3. The molecule has 0 radical (unpaired) electrons. The Balaban J connectivity index is 1.93. The van der Waals surface area contributed by atoms with E-state index in [1.165, 1.54) is 11.3 Å². The lowest BCUT2D eigenvalue weighted by atomic mass is 10.3. The smallest absolute Gasteiger partial charge is 0.250 e. The van der Waals surface area contributed by atoms with Gasteiger partial charge in [-0.15, -0.1) is 22.7 Å². The highest BCUT2D eigenvalue weighted by atomic mass is 32.2. The summed E-state index contributed by atoms with van der Waals surface area (Å²) >= 11 is 2.82. The summed E-state index contributed by atoms with van der Waals surface area (Å²) in [5.74, 6) is 0. The number of thiophene rings is 2. The van der Waals surface area contributed by atoms with Crippen molar-refractivity contribution in [2.24, 2.45) is 0 Å². The molecule has 7 heteroatoms. The first kappa shape index (κ1) is 14.7. The minimum atomic E-state index is -3.42. The fourth-order valence-electron chi connectivity index (χ4n) is 1.58. The van der Waals surface area contributed by atoms with E-state index in [-0.39, 0.29) is 6.61 Å². The van der Waals surface area contributed by atoms with E-state index in [9.17, 15) is 8.42 Å². The van der Waals surface area contributed by atoms with E-state index in [0.29, 0.717) is 23.6 Å². The normalized spacial score (nSPS) is 11.8. The molecular weight excluding hydrogens is 302 g/mol. The number of hydrogen-bond acceptors (Lipinski definition) is 5. The van der Waals surface area contributed by atoms with Gasteiger partial charge in [0.2, 0.25) is 10.0 Å². The third-order valence-corrected chi connectivity index (χ3v) is 6.54. The Morgan fingerprint density at radius 1 is 1.16 bits per heavy atom. The van der Waals surface area contributed by atoms with E-state index in [0.717, 1.165) is 9.75 Å². The molecule has 2 N–H and O–H groups in total. The number of aliphatic hydroxyl groups is 1. The molecule has 2 aromatic rings. The Labute approximate surface area is 120 Å². The zero-order valence-corrected chi connectivity index (χ0v) is 12.7. The molecule has 4 nitrogen and oxygen atoms in total. The van der Waals surface area contributed by atoms with Crippen molar-refractivity contribution in [3.8, 4) is 0 Å². The van der Waals surface area contributed by atoms with Gasteiger partial charge in [-0.05, 0) is 30.0 Å². The van der Waals surface area contributed by atoms with E-state index < -0.39 is 10.0 Å². The van der Waals surface area contributed by atoms with E-state index >= 15 is 0 Å². The lowest BCUT2D eigenvalue weighted by Gasteiger charge is -2.03. The predicted octanol–water partition coefficient (Wildman–Crippen LogP) is 1.87. The quantitative estimate of drug-likeness (QED) is 0.819. The first-order chi connectivity index (χ1) is 9.12. The molecule has 104 valence electrons. The molecule has 2 rings (SSSR count). The van der Waals surface area contributed by atoms with Crippen LogP contribution in [0.5, 0.6) is 0 Å². The second kappa shape index (κ2) is 6.62. The summed E-state index contributed by atoms with van der Waals surface area (Å²) < 4.78 is 26.9. The zero-order chi connectivity index (χ0) is 13.7. The van der Waals surface area contributed by atoms with Crippen molar-refractivity contribution >= 4 is 32.7 Å². The van der Waals surface area contributed by atoms with Gasteiger partial charge in [-0.1, -0.05) is 6.07 Å². The molecule has 0 spiro atoms. The van der Waals surface area contributed by atoms with Gasteiger partial charge in [0.05, 0.1) is 0 Å². The Bertz CT molecular complexity index is 602. The number of hydrogen-bond donors (Lipinski definition) is 2. The van der Waals surface area contributed by atoms with Crippen LogP contribution in [0.15, 0.2) is 33.9 Å². The van der Waals surface area contributed by atoms with Gasteiger partial charge in [0.25, 0.3) is 0 Å². The maximum atomic E-state index is 12.0. The average molecular weight is 317 g/mol. The van der Waals surface area contributed by atoms with Crippen molar-refractivity contribution in [3.05, 3.63) is 39.4 Å². The molecule has 0 unspecified atom stereocenters. The van der Waals surface area contributed by atoms with Crippen LogP contribution in [0, 0.1) is 0 Å². The van der Waals surface area contributed by atoms with Crippen LogP contribution in [-0.2, 0) is 22.9 Å². The summed E-state index contributed by atoms with van der Waals surface area (Å²) in [4.78, 5) is 2.04. The van der Waals surface area contributed by atoms with Crippen molar-refractivity contribution < 1.29 is 13.5 Å². The maximum Gasteiger partial charge on any atom is 0.250 e. The second-order valence-corrected chi connectivity index (χ2v) is 8.12. The molecule has 2 heterocycles. The summed E-state index contributed by atoms with van der Waals surface area (Å²) in [6.45, 7) is 0.432.